The fourth-order valence-electron chi connectivity index (χ4n) is 6.01. The van der Waals surface area contributed by atoms with Gasteiger partial charge in [-0.05, 0) is 19.8 Å². The second-order valence-corrected chi connectivity index (χ2v) is 10.8. The summed E-state index contributed by atoms with van der Waals surface area (Å²) in [4.78, 5) is 24.4. The van der Waals surface area contributed by atoms with Crippen LogP contribution >= 0.6 is 0 Å². The van der Waals surface area contributed by atoms with E-state index < -0.39 is 110 Å². The van der Waals surface area contributed by atoms with Crippen LogP contribution in [0.1, 0.15) is 26.7 Å². The number of hydrogen-bond acceptors (Lipinski definition) is 16. The van der Waals surface area contributed by atoms with Crippen LogP contribution in [-0.4, -0.2) is 141 Å². The molecule has 14 unspecified atom stereocenters. The maximum atomic E-state index is 12.5. The Labute approximate surface area is 234 Å². The van der Waals surface area contributed by atoms with Crippen molar-refractivity contribution >= 4 is 11.9 Å². The molecule has 3 heterocycles. The summed E-state index contributed by atoms with van der Waals surface area (Å²) in [6, 6.07) is 0. The molecule has 41 heavy (non-hydrogen) atoms. The van der Waals surface area contributed by atoms with Gasteiger partial charge in [-0.15, -0.1) is 0 Å². The zero-order chi connectivity index (χ0) is 30.2. The number of hydrogen-bond donors (Lipinski definition) is 7. The van der Waals surface area contributed by atoms with E-state index >= 15 is 0 Å². The van der Waals surface area contributed by atoms with E-state index in [2.05, 4.69) is 0 Å². The van der Waals surface area contributed by atoms with Crippen molar-refractivity contribution in [2.45, 2.75) is 100.0 Å². The molecule has 1 aliphatic carbocycles. The fraction of sp³-hybridized carbons (Fsp3) is 0.840. The number of ether oxygens (including phenoxy) is 7. The molecule has 14 atom stereocenters. The molecule has 1 saturated carbocycles. The van der Waals surface area contributed by atoms with E-state index in [1.807, 2.05) is 0 Å². The zero-order valence-electron chi connectivity index (χ0n) is 22.7. The Morgan fingerprint density at radius 3 is 2.10 bits per heavy atom. The van der Waals surface area contributed by atoms with Gasteiger partial charge in [-0.2, -0.15) is 0 Å². The van der Waals surface area contributed by atoms with Crippen LogP contribution in [-0.2, 0) is 42.7 Å². The molecule has 0 aromatic heterocycles. The number of aliphatic hydroxyl groups excluding tert-OH is 7. The maximum absolute atomic E-state index is 12.5. The minimum Gasteiger partial charge on any atom is -0.471 e. The van der Waals surface area contributed by atoms with Gasteiger partial charge in [0.2, 0.25) is 6.29 Å². The zero-order valence-corrected chi connectivity index (χ0v) is 22.7. The molecule has 4 rings (SSSR count). The molecule has 0 bridgehead atoms. The third-order valence-corrected chi connectivity index (χ3v) is 8.14. The first-order valence-electron chi connectivity index (χ1n) is 13.2. The van der Waals surface area contributed by atoms with E-state index in [0.29, 0.717) is 12.8 Å². The van der Waals surface area contributed by atoms with E-state index in [4.69, 9.17) is 33.2 Å². The second-order valence-electron chi connectivity index (χ2n) is 10.8. The summed E-state index contributed by atoms with van der Waals surface area (Å²) in [5.74, 6) is -2.57. The summed E-state index contributed by atoms with van der Waals surface area (Å²) in [5, 5.41) is 71.4. The van der Waals surface area contributed by atoms with Gasteiger partial charge in [-0.25, -0.2) is 4.79 Å². The molecule has 3 aliphatic heterocycles. The van der Waals surface area contributed by atoms with Gasteiger partial charge in [0.15, 0.2) is 12.6 Å². The van der Waals surface area contributed by atoms with Crippen LogP contribution in [0.3, 0.4) is 0 Å². The first-order valence-corrected chi connectivity index (χ1v) is 13.2. The molecule has 16 nitrogen and oxygen atoms in total. The molecule has 0 aromatic carbocycles. The molecule has 2 saturated heterocycles. The van der Waals surface area contributed by atoms with Crippen molar-refractivity contribution in [3.63, 3.8) is 0 Å². The Balaban J connectivity index is 1.64. The van der Waals surface area contributed by atoms with Gasteiger partial charge in [0.05, 0.1) is 38.1 Å². The van der Waals surface area contributed by atoms with Gasteiger partial charge in [0, 0.05) is 12.8 Å². The van der Waals surface area contributed by atoms with E-state index in [9.17, 15) is 45.3 Å². The van der Waals surface area contributed by atoms with Crippen LogP contribution in [0.25, 0.3) is 0 Å². The molecule has 7 N–H and O–H groups in total. The summed E-state index contributed by atoms with van der Waals surface area (Å²) >= 11 is 0. The predicted octanol–water partition coefficient (Wildman–Crippen LogP) is -3.61. The van der Waals surface area contributed by atoms with Crippen LogP contribution in [0, 0.1) is 11.8 Å². The highest BCUT2D eigenvalue weighted by Crippen LogP contribution is 2.51. The summed E-state index contributed by atoms with van der Waals surface area (Å²) in [6.07, 6.45) is -15.9. The van der Waals surface area contributed by atoms with Crippen molar-refractivity contribution < 1.29 is 78.5 Å². The number of rotatable bonds is 8. The third-order valence-electron chi connectivity index (χ3n) is 8.14. The highest BCUT2D eigenvalue weighted by atomic mass is 16.8. The lowest BCUT2D eigenvalue weighted by Crippen LogP contribution is -2.65. The van der Waals surface area contributed by atoms with Crippen LogP contribution in [0.5, 0.6) is 0 Å². The average molecular weight is 595 g/mol. The lowest BCUT2D eigenvalue weighted by Gasteiger charge is -2.47. The second kappa shape index (κ2) is 12.7. The number of carbonyl (C=O) groups excluding carboxylic acids is 2. The molecule has 0 radical (unpaired) electrons. The van der Waals surface area contributed by atoms with Gasteiger partial charge in [0.1, 0.15) is 54.4 Å². The Kier molecular flexibility index (Phi) is 9.92. The molecule has 16 heteroatoms. The Hall–Kier alpha value is -1.96. The quantitative estimate of drug-likeness (QED) is 0.134. The Morgan fingerprint density at radius 2 is 1.51 bits per heavy atom. The van der Waals surface area contributed by atoms with Gasteiger partial charge >= 0.3 is 11.9 Å². The molecule has 3 fully saturated rings. The number of fused-ring (bicyclic) bond motifs is 1. The highest BCUT2D eigenvalue weighted by Gasteiger charge is 2.59. The van der Waals surface area contributed by atoms with Crippen LogP contribution < -0.4 is 0 Å². The SMILES string of the molecule is COC(=O)C1=COC(OC2OC(CO)C(O)C(O)C2OC2OC(CO)C(O)C(O)C2O)C2C1CCC2(C)OC(C)=O. The predicted molar refractivity (Wildman–Crippen MR) is 129 cm³/mol. The lowest BCUT2D eigenvalue weighted by molar-refractivity contribution is -0.386. The number of esters is 2. The monoisotopic (exact) mass is 594 g/mol. The van der Waals surface area contributed by atoms with Crippen LogP contribution in [0.2, 0.25) is 0 Å². The molecule has 0 spiro atoms. The molecule has 4 aliphatic rings. The normalized spacial score (nSPS) is 46.2. The summed E-state index contributed by atoms with van der Waals surface area (Å²) in [6.45, 7) is 1.40. The first kappa shape index (κ1) is 32.0. The number of methoxy groups -OCH3 is 1. The van der Waals surface area contributed by atoms with E-state index in [1.165, 1.54) is 14.0 Å². The van der Waals surface area contributed by atoms with Crippen LogP contribution in [0.4, 0.5) is 0 Å². The summed E-state index contributed by atoms with van der Waals surface area (Å²) < 4.78 is 39.1. The minimum atomic E-state index is -1.85. The molecular weight excluding hydrogens is 556 g/mol. The van der Waals surface area contributed by atoms with Gasteiger partial charge in [-0.1, -0.05) is 0 Å². The largest absolute Gasteiger partial charge is 0.471 e. The summed E-state index contributed by atoms with van der Waals surface area (Å²) in [5.41, 5.74) is -0.985. The third kappa shape index (κ3) is 6.09. The topological polar surface area (TPSA) is 240 Å². The molecule has 234 valence electrons. The smallest absolute Gasteiger partial charge is 0.337 e. The van der Waals surface area contributed by atoms with Gasteiger partial charge < -0.3 is 68.9 Å². The van der Waals surface area contributed by atoms with Gasteiger partial charge in [0.25, 0.3) is 0 Å². The first-order chi connectivity index (χ1) is 19.4. The number of aliphatic hydroxyl groups is 7. The average Bonchev–Trinajstić information content (AvgIpc) is 3.28. The van der Waals surface area contributed by atoms with Crippen molar-refractivity contribution in [3.05, 3.63) is 11.8 Å². The summed E-state index contributed by atoms with van der Waals surface area (Å²) in [7, 11) is 1.21. The minimum absolute atomic E-state index is 0.190. The fourth-order valence-corrected chi connectivity index (χ4v) is 6.01. The molecule has 0 aromatic rings. The lowest BCUT2D eigenvalue weighted by atomic mass is 9.81. The van der Waals surface area contributed by atoms with Crippen molar-refractivity contribution in [2.75, 3.05) is 20.3 Å². The van der Waals surface area contributed by atoms with Crippen molar-refractivity contribution in [1.82, 2.24) is 0 Å². The standard InChI is InChI=1S/C25H38O16/c1-9(28)41-25(2)5-4-10-11(21(34)35-3)8-36-22(14(10)25)40-24-20(18(32)16(30)13(7-27)38-24)39-23-19(33)17(31)15(29)12(6-26)37-23/h8,10,12-20,22-24,26-27,29-33H,4-7H2,1-3H3. The van der Waals surface area contributed by atoms with Crippen molar-refractivity contribution in [3.8, 4) is 0 Å². The number of carbonyl (C=O) groups is 2. The molecular formula is C25H38O16. The highest BCUT2D eigenvalue weighted by molar-refractivity contribution is 5.89. The van der Waals surface area contributed by atoms with E-state index in [0.717, 1.165) is 6.26 Å². The van der Waals surface area contributed by atoms with E-state index in [-0.39, 0.29) is 5.57 Å². The Bertz CT molecular complexity index is 973. The Morgan fingerprint density at radius 1 is 0.902 bits per heavy atom. The van der Waals surface area contributed by atoms with Gasteiger partial charge in [-0.3, -0.25) is 4.79 Å². The van der Waals surface area contributed by atoms with Crippen LogP contribution in [0.15, 0.2) is 11.8 Å². The van der Waals surface area contributed by atoms with E-state index in [1.54, 1.807) is 6.92 Å². The van der Waals surface area contributed by atoms with Crippen molar-refractivity contribution in [1.29, 1.82) is 0 Å². The maximum Gasteiger partial charge on any atom is 0.337 e. The van der Waals surface area contributed by atoms with Crippen molar-refractivity contribution in [2.24, 2.45) is 11.8 Å². The molecule has 0 amide bonds.